The molecule has 3 heteroatoms. The van der Waals surface area contributed by atoms with Crippen molar-refractivity contribution in [3.63, 3.8) is 0 Å². The number of ether oxygens (including phenoxy) is 1. The van der Waals surface area contributed by atoms with E-state index in [1.807, 2.05) is 6.92 Å². The zero-order chi connectivity index (χ0) is 12.3. The smallest absolute Gasteiger partial charge is 0.0590 e. The van der Waals surface area contributed by atoms with Crippen molar-refractivity contribution in [3.05, 3.63) is 0 Å². The predicted octanol–water partition coefficient (Wildman–Crippen LogP) is 2.27. The van der Waals surface area contributed by atoms with E-state index in [0.717, 1.165) is 38.9 Å². The molecule has 3 nitrogen and oxygen atoms in total. The Labute approximate surface area is 107 Å². The van der Waals surface area contributed by atoms with Crippen molar-refractivity contribution < 1.29 is 4.74 Å². The molecular formula is C14H30N2O. The summed E-state index contributed by atoms with van der Waals surface area (Å²) in [5, 5.41) is 3.44. The molecule has 0 aromatic heterocycles. The molecule has 0 amide bonds. The number of hydrogen-bond acceptors (Lipinski definition) is 3. The molecule has 0 aromatic carbocycles. The molecule has 0 spiro atoms. The molecule has 17 heavy (non-hydrogen) atoms. The summed E-state index contributed by atoms with van der Waals surface area (Å²) in [5.74, 6) is 0. The minimum atomic E-state index is 0.823. The summed E-state index contributed by atoms with van der Waals surface area (Å²) in [7, 11) is 2.28. The van der Waals surface area contributed by atoms with E-state index in [9.17, 15) is 0 Å². The van der Waals surface area contributed by atoms with Crippen LogP contribution in [0.2, 0.25) is 0 Å². The van der Waals surface area contributed by atoms with Gasteiger partial charge in [-0.2, -0.15) is 0 Å². The van der Waals surface area contributed by atoms with Gasteiger partial charge in [-0.05, 0) is 26.8 Å². The lowest BCUT2D eigenvalue weighted by Crippen LogP contribution is -2.37. The second kappa shape index (κ2) is 9.86. The Morgan fingerprint density at radius 3 is 2.47 bits per heavy atom. The topological polar surface area (TPSA) is 24.5 Å². The van der Waals surface area contributed by atoms with E-state index < -0.39 is 0 Å². The third-order valence-electron chi connectivity index (χ3n) is 3.72. The first-order valence-corrected chi connectivity index (χ1v) is 7.33. The van der Waals surface area contributed by atoms with Gasteiger partial charge in [0.25, 0.3) is 0 Å². The van der Waals surface area contributed by atoms with Crippen LogP contribution < -0.4 is 5.32 Å². The van der Waals surface area contributed by atoms with Crippen molar-refractivity contribution in [2.45, 2.75) is 51.5 Å². The quantitative estimate of drug-likeness (QED) is 0.522. The average molecular weight is 242 g/mol. The van der Waals surface area contributed by atoms with Crippen LogP contribution in [0.5, 0.6) is 0 Å². The van der Waals surface area contributed by atoms with E-state index in [0.29, 0.717) is 0 Å². The van der Waals surface area contributed by atoms with E-state index in [2.05, 4.69) is 17.3 Å². The van der Waals surface area contributed by atoms with Crippen LogP contribution in [-0.4, -0.2) is 50.8 Å². The highest BCUT2D eigenvalue weighted by Gasteiger charge is 2.15. The third kappa shape index (κ3) is 7.02. The summed E-state index contributed by atoms with van der Waals surface area (Å²) < 4.78 is 5.30. The Morgan fingerprint density at radius 2 is 1.82 bits per heavy atom. The van der Waals surface area contributed by atoms with Crippen LogP contribution in [0.15, 0.2) is 0 Å². The Hall–Kier alpha value is -0.120. The van der Waals surface area contributed by atoms with Crippen LogP contribution in [-0.2, 0) is 4.74 Å². The number of likely N-dealkylation sites (N-methyl/N-ethyl adjacent to an activating group) is 1. The van der Waals surface area contributed by atoms with E-state index >= 15 is 0 Å². The first-order valence-electron chi connectivity index (χ1n) is 7.33. The Balaban J connectivity index is 2.01. The fraction of sp³-hybridized carbons (Fsp3) is 1.00. The SMILES string of the molecule is CCOCCNCCN(C)C1CCCCCC1. The number of nitrogens with zero attached hydrogens (tertiary/aromatic N) is 1. The van der Waals surface area contributed by atoms with Crippen LogP contribution in [0.3, 0.4) is 0 Å². The monoisotopic (exact) mass is 242 g/mol. The summed E-state index contributed by atoms with van der Waals surface area (Å²) in [6.07, 6.45) is 8.53. The Bertz CT molecular complexity index is 168. The molecular weight excluding hydrogens is 212 g/mol. The summed E-state index contributed by atoms with van der Waals surface area (Å²) in [6.45, 7) is 6.93. The highest BCUT2D eigenvalue weighted by Crippen LogP contribution is 2.20. The summed E-state index contributed by atoms with van der Waals surface area (Å²) in [5.41, 5.74) is 0. The molecule has 1 fully saturated rings. The van der Waals surface area contributed by atoms with Crippen LogP contribution >= 0.6 is 0 Å². The highest BCUT2D eigenvalue weighted by atomic mass is 16.5. The van der Waals surface area contributed by atoms with Gasteiger partial charge in [0.2, 0.25) is 0 Å². The van der Waals surface area contributed by atoms with E-state index in [1.54, 1.807) is 0 Å². The van der Waals surface area contributed by atoms with Crippen molar-refractivity contribution >= 4 is 0 Å². The largest absolute Gasteiger partial charge is 0.380 e. The minimum absolute atomic E-state index is 0.823. The molecule has 0 bridgehead atoms. The predicted molar refractivity (Wildman–Crippen MR) is 73.5 cm³/mol. The van der Waals surface area contributed by atoms with Crippen molar-refractivity contribution in [1.82, 2.24) is 10.2 Å². The highest BCUT2D eigenvalue weighted by molar-refractivity contribution is 4.72. The van der Waals surface area contributed by atoms with Crippen molar-refractivity contribution in [3.8, 4) is 0 Å². The van der Waals surface area contributed by atoms with Gasteiger partial charge in [0.15, 0.2) is 0 Å². The fourth-order valence-corrected chi connectivity index (χ4v) is 2.55. The van der Waals surface area contributed by atoms with Crippen LogP contribution in [0.4, 0.5) is 0 Å². The zero-order valence-corrected chi connectivity index (χ0v) is 11.7. The summed E-state index contributed by atoms with van der Waals surface area (Å²) in [6, 6.07) is 0.825. The average Bonchev–Trinajstić information content (AvgIpc) is 2.62. The second-order valence-corrected chi connectivity index (χ2v) is 5.07. The van der Waals surface area contributed by atoms with Crippen LogP contribution in [0.25, 0.3) is 0 Å². The molecule has 1 rings (SSSR count). The van der Waals surface area contributed by atoms with Gasteiger partial charge in [-0.15, -0.1) is 0 Å². The zero-order valence-electron chi connectivity index (χ0n) is 11.7. The molecule has 1 N–H and O–H groups in total. The van der Waals surface area contributed by atoms with Crippen LogP contribution in [0.1, 0.15) is 45.4 Å². The normalized spacial score (nSPS) is 18.5. The molecule has 0 radical (unpaired) electrons. The maximum Gasteiger partial charge on any atom is 0.0590 e. The number of nitrogens with one attached hydrogen (secondary N) is 1. The van der Waals surface area contributed by atoms with Gasteiger partial charge in [-0.25, -0.2) is 0 Å². The second-order valence-electron chi connectivity index (χ2n) is 5.07. The molecule has 0 atom stereocenters. The van der Waals surface area contributed by atoms with E-state index in [4.69, 9.17) is 4.74 Å². The lowest BCUT2D eigenvalue weighted by Gasteiger charge is -2.27. The molecule has 0 unspecified atom stereocenters. The molecule has 1 saturated carbocycles. The van der Waals surface area contributed by atoms with Gasteiger partial charge in [-0.3, -0.25) is 0 Å². The molecule has 1 aliphatic rings. The minimum Gasteiger partial charge on any atom is -0.380 e. The van der Waals surface area contributed by atoms with Gasteiger partial charge in [0.1, 0.15) is 0 Å². The first kappa shape index (κ1) is 14.9. The lowest BCUT2D eigenvalue weighted by atomic mass is 10.1. The molecule has 0 aliphatic heterocycles. The summed E-state index contributed by atoms with van der Waals surface area (Å²) in [4.78, 5) is 2.54. The third-order valence-corrected chi connectivity index (χ3v) is 3.72. The Kier molecular flexibility index (Phi) is 8.67. The van der Waals surface area contributed by atoms with Gasteiger partial charge in [-0.1, -0.05) is 25.7 Å². The molecule has 1 aliphatic carbocycles. The Morgan fingerprint density at radius 1 is 1.12 bits per heavy atom. The van der Waals surface area contributed by atoms with Gasteiger partial charge < -0.3 is 15.0 Å². The van der Waals surface area contributed by atoms with Crippen molar-refractivity contribution in [2.24, 2.45) is 0 Å². The van der Waals surface area contributed by atoms with Crippen molar-refractivity contribution in [2.75, 3.05) is 39.9 Å². The van der Waals surface area contributed by atoms with Crippen LogP contribution in [0, 0.1) is 0 Å². The maximum absolute atomic E-state index is 5.30. The molecule has 0 heterocycles. The number of rotatable bonds is 8. The van der Waals surface area contributed by atoms with Crippen molar-refractivity contribution in [1.29, 1.82) is 0 Å². The standard InChI is InChI=1S/C14H30N2O/c1-3-17-13-11-15-10-12-16(2)14-8-6-4-5-7-9-14/h14-15H,3-13H2,1-2H3. The number of hydrogen-bond donors (Lipinski definition) is 1. The molecule has 0 aromatic rings. The molecule has 102 valence electrons. The summed E-state index contributed by atoms with van der Waals surface area (Å²) >= 11 is 0. The first-order chi connectivity index (χ1) is 8.34. The molecule has 0 saturated heterocycles. The maximum atomic E-state index is 5.30. The van der Waals surface area contributed by atoms with E-state index in [1.165, 1.54) is 38.5 Å². The fourth-order valence-electron chi connectivity index (χ4n) is 2.55. The van der Waals surface area contributed by atoms with E-state index in [-0.39, 0.29) is 0 Å². The van der Waals surface area contributed by atoms with Gasteiger partial charge >= 0.3 is 0 Å². The lowest BCUT2D eigenvalue weighted by molar-refractivity contribution is 0.147. The van der Waals surface area contributed by atoms with Gasteiger partial charge in [0, 0.05) is 32.3 Å². The van der Waals surface area contributed by atoms with Gasteiger partial charge in [0.05, 0.1) is 6.61 Å².